The number of hydrogen-bond donors (Lipinski definition) is 0. The van der Waals surface area contributed by atoms with Crippen molar-refractivity contribution in [3.63, 3.8) is 0 Å². The van der Waals surface area contributed by atoms with Crippen molar-refractivity contribution in [3.8, 4) is 5.69 Å². The van der Waals surface area contributed by atoms with Gasteiger partial charge in [-0.15, -0.1) is 0 Å². The average Bonchev–Trinajstić information content (AvgIpc) is 2.77. The van der Waals surface area contributed by atoms with Crippen molar-refractivity contribution in [3.05, 3.63) is 47.3 Å². The van der Waals surface area contributed by atoms with Crippen molar-refractivity contribution < 1.29 is 0 Å². The van der Waals surface area contributed by atoms with Crippen molar-refractivity contribution in [2.45, 2.75) is 40.7 Å². The molecule has 1 aliphatic heterocycles. The van der Waals surface area contributed by atoms with E-state index in [0.717, 1.165) is 29.8 Å². The number of rotatable bonds is 3. The van der Waals surface area contributed by atoms with Gasteiger partial charge in [0.1, 0.15) is 0 Å². The third-order valence-electron chi connectivity index (χ3n) is 4.54. The lowest BCUT2D eigenvalue weighted by Gasteiger charge is -2.35. The van der Waals surface area contributed by atoms with Gasteiger partial charge in [0.25, 0.3) is 0 Å². The molecule has 0 radical (unpaired) electrons. The van der Waals surface area contributed by atoms with Crippen LogP contribution >= 0.6 is 0 Å². The van der Waals surface area contributed by atoms with E-state index in [-0.39, 0.29) is 0 Å². The number of aryl methyl sites for hydroxylation is 2. The number of benzene rings is 1. The SMILES string of the molecule is Cc1cc(C)n(-c2ccc(CN3C[C@@H](C)C[C@H](C)C3)cc2)n1. The maximum absolute atomic E-state index is 4.55. The summed E-state index contributed by atoms with van der Waals surface area (Å²) in [5.41, 5.74) is 4.79. The van der Waals surface area contributed by atoms with Gasteiger partial charge in [-0.05, 0) is 55.9 Å². The first-order chi connectivity index (χ1) is 10.5. The van der Waals surface area contributed by atoms with E-state index < -0.39 is 0 Å². The Kier molecular flexibility index (Phi) is 4.34. The second kappa shape index (κ2) is 6.25. The molecule has 118 valence electrons. The Labute approximate surface area is 133 Å². The highest BCUT2D eigenvalue weighted by Crippen LogP contribution is 2.23. The van der Waals surface area contributed by atoms with Crippen LogP contribution < -0.4 is 0 Å². The van der Waals surface area contributed by atoms with Gasteiger partial charge in [0.05, 0.1) is 11.4 Å². The Balaban J connectivity index is 1.70. The molecule has 1 aliphatic rings. The lowest BCUT2D eigenvalue weighted by molar-refractivity contribution is 0.134. The molecule has 22 heavy (non-hydrogen) atoms. The summed E-state index contributed by atoms with van der Waals surface area (Å²) in [5, 5.41) is 4.55. The van der Waals surface area contributed by atoms with Crippen molar-refractivity contribution >= 4 is 0 Å². The zero-order chi connectivity index (χ0) is 15.7. The first-order valence-electron chi connectivity index (χ1n) is 8.36. The van der Waals surface area contributed by atoms with Crippen molar-refractivity contribution in [2.24, 2.45) is 11.8 Å². The van der Waals surface area contributed by atoms with Gasteiger partial charge in [0.2, 0.25) is 0 Å². The minimum absolute atomic E-state index is 0.817. The highest BCUT2D eigenvalue weighted by atomic mass is 15.3. The van der Waals surface area contributed by atoms with Crippen LogP contribution in [-0.4, -0.2) is 27.8 Å². The number of piperidine rings is 1. The number of nitrogens with zero attached hydrogens (tertiary/aromatic N) is 3. The summed E-state index contributed by atoms with van der Waals surface area (Å²) in [7, 11) is 0. The summed E-state index contributed by atoms with van der Waals surface area (Å²) in [6.45, 7) is 12.4. The summed E-state index contributed by atoms with van der Waals surface area (Å²) in [4.78, 5) is 2.59. The van der Waals surface area contributed by atoms with Crippen LogP contribution in [-0.2, 0) is 6.54 Å². The molecule has 3 rings (SSSR count). The van der Waals surface area contributed by atoms with E-state index >= 15 is 0 Å². The average molecular weight is 297 g/mol. The summed E-state index contributed by atoms with van der Waals surface area (Å²) in [5.74, 6) is 1.63. The van der Waals surface area contributed by atoms with Gasteiger partial charge in [-0.1, -0.05) is 26.0 Å². The Morgan fingerprint density at radius 1 is 1.05 bits per heavy atom. The number of likely N-dealkylation sites (tertiary alicyclic amines) is 1. The molecule has 1 aromatic heterocycles. The largest absolute Gasteiger partial charge is 0.299 e. The van der Waals surface area contributed by atoms with Crippen LogP contribution in [0.4, 0.5) is 0 Å². The van der Waals surface area contributed by atoms with Crippen LogP contribution in [0.25, 0.3) is 5.69 Å². The highest BCUT2D eigenvalue weighted by molar-refractivity contribution is 5.36. The van der Waals surface area contributed by atoms with E-state index in [1.165, 1.54) is 30.8 Å². The van der Waals surface area contributed by atoms with E-state index in [2.05, 4.69) is 61.1 Å². The first kappa shape index (κ1) is 15.3. The maximum atomic E-state index is 4.55. The predicted molar refractivity (Wildman–Crippen MR) is 91.3 cm³/mol. The van der Waals surface area contributed by atoms with Gasteiger partial charge in [-0.2, -0.15) is 5.10 Å². The van der Waals surface area contributed by atoms with Gasteiger partial charge in [-0.3, -0.25) is 4.90 Å². The molecule has 0 N–H and O–H groups in total. The van der Waals surface area contributed by atoms with Gasteiger partial charge in [0, 0.05) is 25.3 Å². The zero-order valence-electron chi connectivity index (χ0n) is 14.2. The second-order valence-electron chi connectivity index (χ2n) is 7.15. The lowest BCUT2D eigenvalue weighted by Crippen LogP contribution is -2.38. The van der Waals surface area contributed by atoms with Crippen LogP contribution in [0.2, 0.25) is 0 Å². The molecule has 0 unspecified atom stereocenters. The summed E-state index contributed by atoms with van der Waals surface area (Å²) in [6.07, 6.45) is 1.37. The smallest absolute Gasteiger partial charge is 0.0648 e. The fourth-order valence-corrected chi connectivity index (χ4v) is 3.81. The molecule has 1 aromatic carbocycles. The topological polar surface area (TPSA) is 21.1 Å². The van der Waals surface area contributed by atoms with Gasteiger partial charge in [-0.25, -0.2) is 4.68 Å². The van der Waals surface area contributed by atoms with Crippen molar-refractivity contribution in [1.82, 2.24) is 14.7 Å². The number of aromatic nitrogens is 2. The maximum Gasteiger partial charge on any atom is 0.0648 e. The Morgan fingerprint density at radius 3 is 2.23 bits per heavy atom. The molecule has 2 aromatic rings. The fourth-order valence-electron chi connectivity index (χ4n) is 3.81. The third-order valence-corrected chi connectivity index (χ3v) is 4.54. The molecule has 0 amide bonds. The minimum atomic E-state index is 0.817. The van der Waals surface area contributed by atoms with Crippen LogP contribution in [0, 0.1) is 25.7 Å². The van der Waals surface area contributed by atoms with E-state index in [1.54, 1.807) is 0 Å². The Bertz CT molecular complexity index is 617. The van der Waals surface area contributed by atoms with Crippen LogP contribution in [0.5, 0.6) is 0 Å². The Morgan fingerprint density at radius 2 is 1.68 bits per heavy atom. The van der Waals surface area contributed by atoms with Crippen LogP contribution in [0.15, 0.2) is 30.3 Å². The molecule has 0 saturated carbocycles. The quantitative estimate of drug-likeness (QED) is 0.855. The predicted octanol–water partition coefficient (Wildman–Crippen LogP) is 3.97. The molecular weight excluding hydrogens is 270 g/mol. The normalized spacial score (nSPS) is 22.9. The highest BCUT2D eigenvalue weighted by Gasteiger charge is 2.21. The molecule has 1 saturated heterocycles. The molecule has 2 heterocycles. The fraction of sp³-hybridized carbons (Fsp3) is 0.526. The third kappa shape index (κ3) is 3.41. The second-order valence-corrected chi connectivity index (χ2v) is 7.15. The molecule has 3 nitrogen and oxygen atoms in total. The van der Waals surface area contributed by atoms with Gasteiger partial charge in [0.15, 0.2) is 0 Å². The monoisotopic (exact) mass is 297 g/mol. The minimum Gasteiger partial charge on any atom is -0.299 e. The van der Waals surface area contributed by atoms with Crippen LogP contribution in [0.3, 0.4) is 0 Å². The summed E-state index contributed by atoms with van der Waals surface area (Å²) < 4.78 is 2.02. The standard InChI is InChI=1S/C19H27N3/c1-14-9-15(2)12-21(11-14)13-18-5-7-19(8-6-18)22-17(4)10-16(3)20-22/h5-8,10,14-15H,9,11-13H2,1-4H3/t14-,15-/m0/s1. The molecule has 0 spiro atoms. The Hall–Kier alpha value is -1.61. The van der Waals surface area contributed by atoms with Gasteiger partial charge >= 0.3 is 0 Å². The molecule has 2 atom stereocenters. The molecular formula is C19H27N3. The molecule has 0 bridgehead atoms. The van der Waals surface area contributed by atoms with Crippen LogP contribution in [0.1, 0.15) is 37.2 Å². The molecule has 1 fully saturated rings. The van der Waals surface area contributed by atoms with E-state index in [9.17, 15) is 0 Å². The molecule has 0 aliphatic carbocycles. The van der Waals surface area contributed by atoms with E-state index in [1.807, 2.05) is 11.6 Å². The van der Waals surface area contributed by atoms with E-state index in [4.69, 9.17) is 0 Å². The van der Waals surface area contributed by atoms with Gasteiger partial charge < -0.3 is 0 Å². The zero-order valence-corrected chi connectivity index (χ0v) is 14.2. The van der Waals surface area contributed by atoms with Crippen molar-refractivity contribution in [2.75, 3.05) is 13.1 Å². The number of hydrogen-bond acceptors (Lipinski definition) is 2. The first-order valence-corrected chi connectivity index (χ1v) is 8.36. The summed E-state index contributed by atoms with van der Waals surface area (Å²) in [6, 6.07) is 11.0. The van der Waals surface area contributed by atoms with E-state index in [0.29, 0.717) is 0 Å². The summed E-state index contributed by atoms with van der Waals surface area (Å²) >= 11 is 0. The molecule has 3 heteroatoms. The van der Waals surface area contributed by atoms with Crippen molar-refractivity contribution in [1.29, 1.82) is 0 Å². The lowest BCUT2D eigenvalue weighted by atomic mass is 9.91.